The minimum absolute atomic E-state index is 0.0916. The molecule has 4 rings (SSSR count). The molecule has 3 fully saturated rings. The van der Waals surface area contributed by atoms with Crippen molar-refractivity contribution in [1.29, 1.82) is 0 Å². The maximum atomic E-state index is 12.8. The standard InChI is InChI=1S/C25H40N2O2/c1-23(2,3)27-22-19-9-7-16-17-8-6-15(14-21(26)29)24(17,4)12-10-18(16)25(19,5)13-11-20(22)28/h15-18,27H,6-14H2,1-5H3,(H2,26,29)/t15-,16?,17?,18?,24-,25-/m1/s1. The molecule has 0 aromatic rings. The van der Waals surface area contributed by atoms with Crippen LogP contribution in [-0.4, -0.2) is 17.2 Å². The molecule has 3 saturated carbocycles. The minimum atomic E-state index is -0.136. The molecule has 0 aliphatic heterocycles. The van der Waals surface area contributed by atoms with Gasteiger partial charge in [0.25, 0.3) is 0 Å². The molecule has 0 aromatic heterocycles. The summed E-state index contributed by atoms with van der Waals surface area (Å²) in [5, 5.41) is 3.59. The normalized spacial score (nSPS) is 42.2. The monoisotopic (exact) mass is 400 g/mol. The van der Waals surface area contributed by atoms with Crippen LogP contribution in [0.5, 0.6) is 0 Å². The molecule has 162 valence electrons. The van der Waals surface area contributed by atoms with Gasteiger partial charge in [-0.1, -0.05) is 13.8 Å². The van der Waals surface area contributed by atoms with Crippen molar-refractivity contribution in [2.45, 2.75) is 97.9 Å². The molecule has 6 atom stereocenters. The third-order valence-corrected chi connectivity index (χ3v) is 9.27. The van der Waals surface area contributed by atoms with E-state index in [0.29, 0.717) is 36.4 Å². The maximum absolute atomic E-state index is 12.8. The number of carbonyl (C=O) groups is 2. The fourth-order valence-electron chi connectivity index (χ4n) is 7.92. The van der Waals surface area contributed by atoms with E-state index in [4.69, 9.17) is 5.73 Å². The molecule has 0 bridgehead atoms. The van der Waals surface area contributed by atoms with E-state index in [0.717, 1.165) is 30.9 Å². The van der Waals surface area contributed by atoms with Crippen LogP contribution in [-0.2, 0) is 9.59 Å². The van der Waals surface area contributed by atoms with Crippen LogP contribution in [0, 0.1) is 34.5 Å². The van der Waals surface area contributed by atoms with E-state index in [1.54, 1.807) is 0 Å². The Hall–Kier alpha value is -1.32. The Morgan fingerprint density at radius 1 is 1.07 bits per heavy atom. The van der Waals surface area contributed by atoms with E-state index in [1.165, 1.54) is 31.3 Å². The lowest BCUT2D eigenvalue weighted by molar-refractivity contribution is -0.121. The molecule has 4 heteroatoms. The highest BCUT2D eigenvalue weighted by molar-refractivity contribution is 5.97. The largest absolute Gasteiger partial charge is 0.378 e. The lowest BCUT2D eigenvalue weighted by Crippen LogP contribution is -2.52. The number of nitrogens with one attached hydrogen (secondary N) is 1. The Morgan fingerprint density at radius 3 is 2.45 bits per heavy atom. The summed E-state index contributed by atoms with van der Waals surface area (Å²) in [6.07, 6.45) is 9.32. The van der Waals surface area contributed by atoms with E-state index < -0.39 is 0 Å². The van der Waals surface area contributed by atoms with Crippen molar-refractivity contribution in [2.75, 3.05) is 0 Å². The first-order valence-corrected chi connectivity index (χ1v) is 11.8. The minimum Gasteiger partial charge on any atom is -0.378 e. The second-order valence-corrected chi connectivity index (χ2v) is 12.0. The Kier molecular flexibility index (Phi) is 4.94. The van der Waals surface area contributed by atoms with Crippen molar-refractivity contribution in [3.63, 3.8) is 0 Å². The van der Waals surface area contributed by atoms with Gasteiger partial charge in [0.05, 0.1) is 5.70 Å². The fraction of sp³-hybridized carbons (Fsp3) is 0.840. The number of Topliss-reactive ketones (excluding diaryl/α,β-unsaturated/α-hetero) is 1. The molecule has 1 amide bonds. The van der Waals surface area contributed by atoms with Crippen LogP contribution in [0.3, 0.4) is 0 Å². The number of allylic oxidation sites excluding steroid dienone is 1. The highest BCUT2D eigenvalue weighted by Gasteiger charge is 2.59. The number of primary amides is 1. The molecule has 3 N–H and O–H groups in total. The lowest BCUT2D eigenvalue weighted by Gasteiger charge is -2.58. The third-order valence-electron chi connectivity index (χ3n) is 9.27. The van der Waals surface area contributed by atoms with E-state index in [1.807, 2.05) is 0 Å². The molecular weight excluding hydrogens is 360 g/mol. The third kappa shape index (κ3) is 3.35. The average Bonchev–Trinajstić information content (AvgIpc) is 2.93. The van der Waals surface area contributed by atoms with Crippen molar-refractivity contribution in [3.05, 3.63) is 11.3 Å². The van der Waals surface area contributed by atoms with Crippen molar-refractivity contribution in [1.82, 2.24) is 5.32 Å². The van der Waals surface area contributed by atoms with Gasteiger partial charge in [-0.15, -0.1) is 0 Å². The predicted octanol–water partition coefficient (Wildman–Crippen LogP) is 4.73. The highest BCUT2D eigenvalue weighted by Crippen LogP contribution is 2.67. The first-order valence-electron chi connectivity index (χ1n) is 11.8. The molecule has 0 saturated heterocycles. The predicted molar refractivity (Wildman–Crippen MR) is 116 cm³/mol. The first kappa shape index (κ1) is 20.9. The van der Waals surface area contributed by atoms with Crippen LogP contribution in [0.4, 0.5) is 0 Å². The van der Waals surface area contributed by atoms with Gasteiger partial charge in [0.2, 0.25) is 5.91 Å². The van der Waals surface area contributed by atoms with Gasteiger partial charge >= 0.3 is 0 Å². The lowest BCUT2D eigenvalue weighted by atomic mass is 9.46. The molecule has 0 aromatic carbocycles. The number of hydrogen-bond acceptors (Lipinski definition) is 3. The number of fused-ring (bicyclic) bond motifs is 5. The van der Waals surface area contributed by atoms with Crippen LogP contribution in [0.2, 0.25) is 0 Å². The Bertz CT molecular complexity index is 748. The van der Waals surface area contributed by atoms with Crippen molar-refractivity contribution in [3.8, 4) is 0 Å². The molecule has 0 radical (unpaired) electrons. The molecule has 4 nitrogen and oxygen atoms in total. The number of rotatable bonds is 3. The Balaban J connectivity index is 1.65. The van der Waals surface area contributed by atoms with Gasteiger partial charge in [-0.25, -0.2) is 0 Å². The SMILES string of the molecule is CC(C)(C)NC1=C2CCC3C(CC[C@@]4(C)C3CC[C@@H]4CC(N)=O)[C@@]2(C)CCC1=O. The van der Waals surface area contributed by atoms with E-state index in [9.17, 15) is 9.59 Å². The summed E-state index contributed by atoms with van der Waals surface area (Å²) >= 11 is 0. The number of nitrogens with two attached hydrogens (primary N) is 1. The number of carbonyl (C=O) groups excluding carboxylic acids is 2. The summed E-state index contributed by atoms with van der Waals surface area (Å²) in [5.41, 5.74) is 8.27. The van der Waals surface area contributed by atoms with E-state index in [2.05, 4.69) is 39.9 Å². The maximum Gasteiger partial charge on any atom is 0.217 e. The van der Waals surface area contributed by atoms with Crippen LogP contribution in [0.1, 0.15) is 92.4 Å². The summed E-state index contributed by atoms with van der Waals surface area (Å²) < 4.78 is 0. The zero-order valence-corrected chi connectivity index (χ0v) is 19.1. The summed E-state index contributed by atoms with van der Waals surface area (Å²) in [6.45, 7) is 11.3. The summed E-state index contributed by atoms with van der Waals surface area (Å²) in [7, 11) is 0. The number of ketones is 1. The van der Waals surface area contributed by atoms with Crippen molar-refractivity contribution in [2.24, 2.45) is 40.2 Å². The Morgan fingerprint density at radius 2 is 1.79 bits per heavy atom. The Labute approximate surface area is 176 Å². The summed E-state index contributed by atoms with van der Waals surface area (Å²) in [6, 6.07) is 0. The van der Waals surface area contributed by atoms with E-state index >= 15 is 0 Å². The first-order chi connectivity index (χ1) is 13.5. The highest BCUT2D eigenvalue weighted by atomic mass is 16.1. The molecule has 29 heavy (non-hydrogen) atoms. The van der Waals surface area contributed by atoms with E-state index in [-0.39, 0.29) is 22.3 Å². The van der Waals surface area contributed by atoms with Gasteiger partial charge in [-0.3, -0.25) is 9.59 Å². The van der Waals surface area contributed by atoms with Crippen molar-refractivity contribution < 1.29 is 9.59 Å². The smallest absolute Gasteiger partial charge is 0.217 e. The number of hydrogen-bond donors (Lipinski definition) is 2. The van der Waals surface area contributed by atoms with Crippen LogP contribution in [0.15, 0.2) is 11.3 Å². The molecule has 0 spiro atoms. The fourth-order valence-corrected chi connectivity index (χ4v) is 7.92. The average molecular weight is 401 g/mol. The van der Waals surface area contributed by atoms with Gasteiger partial charge < -0.3 is 11.1 Å². The molecule has 3 unspecified atom stereocenters. The van der Waals surface area contributed by atoms with Gasteiger partial charge in [0.1, 0.15) is 0 Å². The topological polar surface area (TPSA) is 72.2 Å². The van der Waals surface area contributed by atoms with Crippen LogP contribution < -0.4 is 11.1 Å². The quantitative estimate of drug-likeness (QED) is 0.719. The molecule has 4 aliphatic carbocycles. The second-order valence-electron chi connectivity index (χ2n) is 12.0. The van der Waals surface area contributed by atoms with Gasteiger partial charge in [0, 0.05) is 18.4 Å². The molecule has 4 aliphatic rings. The van der Waals surface area contributed by atoms with Crippen LogP contribution >= 0.6 is 0 Å². The van der Waals surface area contributed by atoms with Crippen LogP contribution in [0.25, 0.3) is 0 Å². The van der Waals surface area contributed by atoms with Gasteiger partial charge in [0.15, 0.2) is 5.78 Å². The van der Waals surface area contributed by atoms with Gasteiger partial charge in [-0.05, 0) is 106 Å². The summed E-state index contributed by atoms with van der Waals surface area (Å²) in [4.78, 5) is 24.5. The summed E-state index contributed by atoms with van der Waals surface area (Å²) in [5.74, 6) is 2.74. The second kappa shape index (κ2) is 6.85. The number of amides is 1. The zero-order chi connectivity index (χ0) is 21.2. The van der Waals surface area contributed by atoms with Gasteiger partial charge in [-0.2, -0.15) is 0 Å². The molecular formula is C25H40N2O2. The van der Waals surface area contributed by atoms with Crippen molar-refractivity contribution >= 4 is 11.7 Å². The zero-order valence-electron chi connectivity index (χ0n) is 19.1. The molecule has 0 heterocycles.